The number of carbonyl (C=O) groups excluding carboxylic acids is 2. The summed E-state index contributed by atoms with van der Waals surface area (Å²) in [6.45, 7) is 1.97. The van der Waals surface area contributed by atoms with Crippen LogP contribution in [-0.2, 0) is 9.59 Å². The van der Waals surface area contributed by atoms with Gasteiger partial charge in [0, 0.05) is 24.2 Å². The monoisotopic (exact) mass is 413 g/mol. The summed E-state index contributed by atoms with van der Waals surface area (Å²) in [7, 11) is 0. The summed E-state index contributed by atoms with van der Waals surface area (Å²) in [6.07, 6.45) is 9.68. The zero-order valence-corrected chi connectivity index (χ0v) is 17.9. The van der Waals surface area contributed by atoms with E-state index in [2.05, 4.69) is 16.0 Å². The summed E-state index contributed by atoms with van der Waals surface area (Å²) in [5.74, 6) is 2.53. The van der Waals surface area contributed by atoms with Crippen LogP contribution < -0.4 is 16.0 Å². The fourth-order valence-electron chi connectivity index (χ4n) is 6.31. The maximum Gasteiger partial charge on any atom is 0.226 e. The van der Waals surface area contributed by atoms with Gasteiger partial charge in [-0.3, -0.25) is 9.59 Å². The van der Waals surface area contributed by atoms with Gasteiger partial charge in [0.25, 0.3) is 0 Å². The summed E-state index contributed by atoms with van der Waals surface area (Å²) >= 11 is 5.36. The van der Waals surface area contributed by atoms with Crippen molar-refractivity contribution in [3.63, 3.8) is 0 Å². The van der Waals surface area contributed by atoms with Crippen LogP contribution in [0.15, 0.2) is 24.3 Å². The third-order valence-corrected chi connectivity index (χ3v) is 7.04. The van der Waals surface area contributed by atoms with Gasteiger partial charge in [-0.2, -0.15) is 0 Å². The summed E-state index contributed by atoms with van der Waals surface area (Å²) < 4.78 is 0. The van der Waals surface area contributed by atoms with Crippen LogP contribution in [0.4, 0.5) is 11.4 Å². The van der Waals surface area contributed by atoms with Crippen molar-refractivity contribution < 1.29 is 9.59 Å². The lowest BCUT2D eigenvalue weighted by molar-refractivity contribution is -0.128. The van der Waals surface area contributed by atoms with Crippen LogP contribution in [0, 0.1) is 23.2 Å². The topological polar surface area (TPSA) is 70.2 Å². The van der Waals surface area contributed by atoms with Crippen LogP contribution in [0.5, 0.6) is 0 Å². The molecule has 0 aliphatic heterocycles. The molecule has 1 aromatic carbocycles. The quantitative estimate of drug-likeness (QED) is 0.584. The Hall–Kier alpha value is -1.95. The Morgan fingerprint density at radius 3 is 2.17 bits per heavy atom. The van der Waals surface area contributed by atoms with Crippen molar-refractivity contribution in [3.8, 4) is 0 Å². The van der Waals surface area contributed by atoms with Crippen molar-refractivity contribution in [2.75, 3.05) is 10.6 Å². The van der Waals surface area contributed by atoms with Crippen LogP contribution in [0.3, 0.4) is 0 Å². The van der Waals surface area contributed by atoms with E-state index in [4.69, 9.17) is 12.2 Å². The minimum Gasteiger partial charge on any atom is -0.332 e. The summed E-state index contributed by atoms with van der Waals surface area (Å²) in [5.41, 5.74) is 1.67. The molecule has 4 aliphatic carbocycles. The smallest absolute Gasteiger partial charge is 0.226 e. The van der Waals surface area contributed by atoms with Gasteiger partial charge in [-0.1, -0.05) is 13.0 Å². The molecule has 0 saturated heterocycles. The fourth-order valence-corrected chi connectivity index (χ4v) is 6.54. The van der Waals surface area contributed by atoms with Gasteiger partial charge in [-0.15, -0.1) is 0 Å². The van der Waals surface area contributed by atoms with Gasteiger partial charge in [0.15, 0.2) is 5.11 Å². The molecule has 5 nitrogen and oxygen atoms in total. The van der Waals surface area contributed by atoms with E-state index in [1.165, 1.54) is 38.5 Å². The van der Waals surface area contributed by atoms with Crippen molar-refractivity contribution in [2.24, 2.45) is 23.2 Å². The Balaban J connectivity index is 1.30. The number of hydrogen-bond donors (Lipinski definition) is 3. The normalized spacial score (nSPS) is 29.3. The van der Waals surface area contributed by atoms with E-state index in [-0.39, 0.29) is 17.2 Å². The number of carbonyl (C=O) groups is 2. The molecule has 29 heavy (non-hydrogen) atoms. The van der Waals surface area contributed by atoms with Crippen LogP contribution in [0.2, 0.25) is 0 Å². The van der Waals surface area contributed by atoms with Crippen molar-refractivity contribution >= 4 is 40.5 Å². The van der Waals surface area contributed by atoms with Gasteiger partial charge in [0.05, 0.1) is 0 Å². The zero-order chi connectivity index (χ0) is 20.4. The number of thiocarbonyl (C=S) groups is 1. The highest BCUT2D eigenvalue weighted by Crippen LogP contribution is 2.61. The molecule has 1 aromatic rings. The summed E-state index contributed by atoms with van der Waals surface area (Å²) in [6, 6.07) is 7.38. The fraction of sp³-hybridized carbons (Fsp3) is 0.609. The first-order chi connectivity index (χ1) is 13.9. The molecule has 0 heterocycles. The molecule has 0 atom stereocenters. The lowest BCUT2D eigenvalue weighted by atomic mass is 9.49. The van der Waals surface area contributed by atoms with E-state index >= 15 is 0 Å². The highest BCUT2D eigenvalue weighted by Gasteiger charge is 2.51. The standard InChI is InChI=1S/C23H31N3O2S/c1-2-4-20(27)24-18-5-3-6-19(10-18)25-22(29)26-21(28)14-23-11-15-7-16(12-23)9-17(8-15)13-23/h3,5-6,10,15-17H,2,4,7-9,11-14H2,1H3,(H,24,27)(H2,25,26,28,29). The van der Waals surface area contributed by atoms with Crippen molar-refractivity contribution in [1.82, 2.24) is 5.32 Å². The average Bonchev–Trinajstić information content (AvgIpc) is 2.60. The first-order valence-corrected chi connectivity index (χ1v) is 11.3. The van der Waals surface area contributed by atoms with Gasteiger partial charge in [0.1, 0.15) is 0 Å². The number of nitrogens with one attached hydrogen (secondary N) is 3. The molecular weight excluding hydrogens is 382 g/mol. The van der Waals surface area contributed by atoms with Gasteiger partial charge in [0.2, 0.25) is 11.8 Å². The molecule has 156 valence electrons. The minimum atomic E-state index is -0.00361. The molecule has 0 spiro atoms. The van der Waals surface area contributed by atoms with Crippen LogP contribution in [-0.4, -0.2) is 16.9 Å². The first-order valence-electron chi connectivity index (χ1n) is 10.9. The predicted octanol–water partition coefficient (Wildman–Crippen LogP) is 4.84. The molecule has 0 unspecified atom stereocenters. The van der Waals surface area contributed by atoms with Gasteiger partial charge >= 0.3 is 0 Å². The second-order valence-electron chi connectivity index (χ2n) is 9.48. The lowest BCUT2D eigenvalue weighted by Crippen LogP contribution is -2.48. The molecule has 2 amide bonds. The van der Waals surface area contributed by atoms with Gasteiger partial charge < -0.3 is 16.0 Å². The highest BCUT2D eigenvalue weighted by molar-refractivity contribution is 7.80. The molecule has 4 saturated carbocycles. The Labute approximate surface area is 178 Å². The first kappa shape index (κ1) is 20.3. The molecule has 6 heteroatoms. The van der Waals surface area contributed by atoms with Crippen molar-refractivity contribution in [1.29, 1.82) is 0 Å². The van der Waals surface area contributed by atoms with E-state index in [9.17, 15) is 9.59 Å². The maximum absolute atomic E-state index is 12.7. The third kappa shape index (κ3) is 4.97. The molecule has 4 fully saturated rings. The largest absolute Gasteiger partial charge is 0.332 e. The van der Waals surface area contributed by atoms with Crippen LogP contribution >= 0.6 is 12.2 Å². The number of amides is 2. The molecule has 4 bridgehead atoms. The van der Waals surface area contributed by atoms with E-state index in [0.29, 0.717) is 18.0 Å². The van der Waals surface area contributed by atoms with E-state index < -0.39 is 0 Å². The molecule has 0 radical (unpaired) electrons. The molecule has 0 aromatic heterocycles. The minimum absolute atomic E-state index is 0.00361. The molecular formula is C23H31N3O2S. The second kappa shape index (κ2) is 8.42. The Bertz CT molecular complexity index is 772. The number of hydrogen-bond acceptors (Lipinski definition) is 3. The lowest BCUT2D eigenvalue weighted by Gasteiger charge is -2.56. The highest BCUT2D eigenvalue weighted by atomic mass is 32.1. The summed E-state index contributed by atoms with van der Waals surface area (Å²) in [5, 5.41) is 9.14. The average molecular weight is 414 g/mol. The SMILES string of the molecule is CCCC(=O)Nc1cccc(NC(=S)NC(=O)CC23CC4CC(CC(C4)C2)C3)c1. The van der Waals surface area contributed by atoms with E-state index in [0.717, 1.165) is 35.5 Å². The zero-order valence-electron chi connectivity index (χ0n) is 17.1. The molecule has 3 N–H and O–H groups in total. The third-order valence-electron chi connectivity index (χ3n) is 6.83. The number of rotatable bonds is 6. The van der Waals surface area contributed by atoms with Crippen LogP contribution in [0.1, 0.15) is 64.7 Å². The van der Waals surface area contributed by atoms with Gasteiger partial charge in [-0.25, -0.2) is 0 Å². The maximum atomic E-state index is 12.7. The Morgan fingerprint density at radius 2 is 1.59 bits per heavy atom. The molecule has 4 aliphatic rings. The number of benzene rings is 1. The number of anilines is 2. The van der Waals surface area contributed by atoms with E-state index in [1.54, 1.807) is 0 Å². The van der Waals surface area contributed by atoms with E-state index in [1.807, 2.05) is 31.2 Å². The van der Waals surface area contributed by atoms with Crippen molar-refractivity contribution in [3.05, 3.63) is 24.3 Å². The Kier molecular flexibility index (Phi) is 5.91. The van der Waals surface area contributed by atoms with Gasteiger partial charge in [-0.05, 0) is 98.5 Å². The molecule has 5 rings (SSSR count). The summed E-state index contributed by atoms with van der Waals surface area (Å²) in [4.78, 5) is 24.5. The predicted molar refractivity (Wildman–Crippen MR) is 120 cm³/mol. The Morgan fingerprint density at radius 1 is 1.00 bits per heavy atom. The van der Waals surface area contributed by atoms with Crippen LogP contribution in [0.25, 0.3) is 0 Å². The second-order valence-corrected chi connectivity index (χ2v) is 9.88. The van der Waals surface area contributed by atoms with Crippen molar-refractivity contribution in [2.45, 2.75) is 64.7 Å².